The fourth-order valence-corrected chi connectivity index (χ4v) is 2.85. The Bertz CT molecular complexity index is 528. The van der Waals surface area contributed by atoms with E-state index in [1.807, 2.05) is 31.4 Å². The highest BCUT2D eigenvalue weighted by molar-refractivity contribution is 7.99. The van der Waals surface area contributed by atoms with E-state index in [2.05, 4.69) is 5.32 Å². The van der Waals surface area contributed by atoms with Gasteiger partial charge in [0.15, 0.2) is 0 Å². The van der Waals surface area contributed by atoms with Crippen molar-refractivity contribution in [2.45, 2.75) is 12.2 Å². The number of nitro groups is 1. The molecule has 18 heavy (non-hydrogen) atoms. The van der Waals surface area contributed by atoms with Crippen LogP contribution in [0.5, 0.6) is 5.75 Å². The molecule has 1 atom stereocenters. The van der Waals surface area contributed by atoms with Crippen molar-refractivity contribution in [3.63, 3.8) is 0 Å². The number of fused-ring (bicyclic) bond motifs is 1. The molecule has 0 fully saturated rings. The normalized spacial score (nSPS) is 18.1. The van der Waals surface area contributed by atoms with E-state index in [0.29, 0.717) is 5.75 Å². The summed E-state index contributed by atoms with van der Waals surface area (Å²) in [5.41, 5.74) is 1.99. The lowest BCUT2D eigenvalue weighted by Gasteiger charge is -2.24. The van der Waals surface area contributed by atoms with Crippen LogP contribution in [0.1, 0.15) is 16.4 Å². The second kappa shape index (κ2) is 4.89. The summed E-state index contributed by atoms with van der Waals surface area (Å²) in [5.74, 6) is 0.894. The molecule has 2 rings (SSSR count). The van der Waals surface area contributed by atoms with Crippen molar-refractivity contribution in [1.29, 1.82) is 0 Å². The standard InChI is InChI=1S/C12H14N2O3S/c1-7-4-5-9-8(6-7)11(18-3)10(14(15)16)12(13-2)17-9/h4-6,11,13H,1-3H3. The Morgan fingerprint density at radius 1 is 1.50 bits per heavy atom. The number of nitrogens with one attached hydrogen (secondary N) is 1. The van der Waals surface area contributed by atoms with Gasteiger partial charge in [0.2, 0.25) is 0 Å². The molecule has 1 aromatic carbocycles. The Kier molecular flexibility index (Phi) is 3.47. The van der Waals surface area contributed by atoms with Crippen LogP contribution in [-0.2, 0) is 0 Å². The smallest absolute Gasteiger partial charge is 0.322 e. The van der Waals surface area contributed by atoms with Crippen molar-refractivity contribution >= 4 is 11.8 Å². The van der Waals surface area contributed by atoms with Crippen LogP contribution in [0.4, 0.5) is 0 Å². The van der Waals surface area contributed by atoms with E-state index in [0.717, 1.165) is 11.1 Å². The Labute approximate surface area is 109 Å². The molecule has 0 bridgehead atoms. The second-order valence-corrected chi connectivity index (χ2v) is 4.92. The first-order valence-electron chi connectivity index (χ1n) is 5.46. The first kappa shape index (κ1) is 12.8. The fraction of sp³-hybridized carbons (Fsp3) is 0.333. The summed E-state index contributed by atoms with van der Waals surface area (Å²) in [5, 5.41) is 13.6. The van der Waals surface area contributed by atoms with Crippen LogP contribution in [0.3, 0.4) is 0 Å². The largest absolute Gasteiger partial charge is 0.435 e. The third kappa shape index (κ3) is 2.03. The maximum Gasteiger partial charge on any atom is 0.322 e. The molecule has 0 radical (unpaired) electrons. The van der Waals surface area contributed by atoms with Gasteiger partial charge in [-0.15, -0.1) is 11.8 Å². The van der Waals surface area contributed by atoms with Crippen molar-refractivity contribution in [3.8, 4) is 5.75 Å². The predicted octanol–water partition coefficient (Wildman–Crippen LogP) is 2.46. The third-order valence-electron chi connectivity index (χ3n) is 2.80. The van der Waals surface area contributed by atoms with Crippen LogP contribution in [0, 0.1) is 17.0 Å². The van der Waals surface area contributed by atoms with Crippen LogP contribution in [-0.4, -0.2) is 18.2 Å². The van der Waals surface area contributed by atoms with Crippen molar-refractivity contribution in [3.05, 3.63) is 51.0 Å². The van der Waals surface area contributed by atoms with Gasteiger partial charge < -0.3 is 10.1 Å². The van der Waals surface area contributed by atoms with Crippen molar-refractivity contribution in [2.24, 2.45) is 0 Å². The molecule has 0 saturated carbocycles. The molecule has 1 aromatic rings. The highest BCUT2D eigenvalue weighted by Crippen LogP contribution is 2.44. The van der Waals surface area contributed by atoms with Crippen LogP contribution >= 0.6 is 11.8 Å². The maximum atomic E-state index is 11.2. The molecule has 1 unspecified atom stereocenters. The molecule has 1 N–H and O–H groups in total. The average Bonchev–Trinajstić information content (AvgIpc) is 2.36. The van der Waals surface area contributed by atoms with Crippen LogP contribution < -0.4 is 10.1 Å². The van der Waals surface area contributed by atoms with E-state index in [1.165, 1.54) is 11.8 Å². The first-order chi connectivity index (χ1) is 8.58. The second-order valence-electron chi connectivity index (χ2n) is 3.98. The SMILES string of the molecule is CNC1=C([N+](=O)[O-])C(SC)c2cc(C)ccc2O1. The van der Waals surface area contributed by atoms with Gasteiger partial charge in [-0.3, -0.25) is 10.1 Å². The van der Waals surface area contributed by atoms with E-state index in [1.54, 1.807) is 7.05 Å². The van der Waals surface area contributed by atoms with Gasteiger partial charge in [0, 0.05) is 12.6 Å². The number of rotatable bonds is 3. The summed E-state index contributed by atoms with van der Waals surface area (Å²) in [6, 6.07) is 5.72. The van der Waals surface area contributed by atoms with Crippen LogP contribution in [0.15, 0.2) is 29.8 Å². The lowest BCUT2D eigenvalue weighted by Crippen LogP contribution is -2.26. The number of hydrogen-bond acceptors (Lipinski definition) is 5. The molecule has 0 aliphatic carbocycles. The van der Waals surface area contributed by atoms with E-state index < -0.39 is 0 Å². The minimum Gasteiger partial charge on any atom is -0.435 e. The van der Waals surface area contributed by atoms with Crippen LogP contribution in [0.2, 0.25) is 0 Å². The van der Waals surface area contributed by atoms with Gasteiger partial charge in [0.1, 0.15) is 11.0 Å². The van der Waals surface area contributed by atoms with Crippen LogP contribution in [0.25, 0.3) is 0 Å². The number of benzene rings is 1. The highest BCUT2D eigenvalue weighted by atomic mass is 32.2. The molecule has 0 amide bonds. The molecular weight excluding hydrogens is 252 g/mol. The number of thioether (sulfide) groups is 1. The van der Waals surface area contributed by atoms with Gasteiger partial charge in [-0.25, -0.2) is 0 Å². The number of aryl methyl sites for hydroxylation is 1. The predicted molar refractivity (Wildman–Crippen MR) is 71.1 cm³/mol. The van der Waals surface area contributed by atoms with Gasteiger partial charge >= 0.3 is 5.70 Å². The Balaban J connectivity index is 2.59. The molecule has 0 saturated heterocycles. The Hall–Kier alpha value is -1.69. The van der Waals surface area contributed by atoms with Gasteiger partial charge in [0.25, 0.3) is 5.88 Å². The average molecular weight is 266 g/mol. The zero-order chi connectivity index (χ0) is 13.3. The molecule has 1 aliphatic rings. The molecule has 5 nitrogen and oxygen atoms in total. The maximum absolute atomic E-state index is 11.2. The van der Waals surface area contributed by atoms with Gasteiger partial charge in [-0.1, -0.05) is 17.7 Å². The zero-order valence-electron chi connectivity index (χ0n) is 10.4. The number of ether oxygens (including phenoxy) is 1. The molecule has 0 aromatic heterocycles. The summed E-state index contributed by atoms with van der Waals surface area (Å²) >= 11 is 1.43. The molecular formula is C12H14N2O3S. The first-order valence-corrected chi connectivity index (χ1v) is 6.74. The fourth-order valence-electron chi connectivity index (χ4n) is 1.99. The molecule has 1 heterocycles. The van der Waals surface area contributed by atoms with Gasteiger partial charge in [-0.2, -0.15) is 0 Å². The lowest BCUT2D eigenvalue weighted by molar-refractivity contribution is -0.431. The minimum absolute atomic E-state index is 0.0723. The summed E-state index contributed by atoms with van der Waals surface area (Å²) in [4.78, 5) is 10.8. The summed E-state index contributed by atoms with van der Waals surface area (Å²) in [6.07, 6.45) is 1.86. The molecule has 96 valence electrons. The molecule has 1 aliphatic heterocycles. The zero-order valence-corrected chi connectivity index (χ0v) is 11.2. The van der Waals surface area contributed by atoms with E-state index in [9.17, 15) is 10.1 Å². The summed E-state index contributed by atoms with van der Waals surface area (Å²) < 4.78 is 5.56. The van der Waals surface area contributed by atoms with E-state index >= 15 is 0 Å². The molecule has 0 spiro atoms. The third-order valence-corrected chi connectivity index (χ3v) is 3.75. The monoisotopic (exact) mass is 266 g/mol. The van der Waals surface area contributed by atoms with E-state index in [4.69, 9.17) is 4.74 Å². The quantitative estimate of drug-likeness (QED) is 0.672. The summed E-state index contributed by atoms with van der Waals surface area (Å²) in [7, 11) is 1.62. The van der Waals surface area contributed by atoms with Crippen molar-refractivity contribution < 1.29 is 9.66 Å². The van der Waals surface area contributed by atoms with Gasteiger partial charge in [0.05, 0.1) is 4.92 Å². The van der Waals surface area contributed by atoms with Crippen molar-refractivity contribution in [1.82, 2.24) is 5.32 Å². The van der Waals surface area contributed by atoms with Crippen molar-refractivity contribution in [2.75, 3.05) is 13.3 Å². The van der Waals surface area contributed by atoms with Gasteiger partial charge in [-0.05, 0) is 19.2 Å². The summed E-state index contributed by atoms with van der Waals surface area (Å²) in [6.45, 7) is 1.96. The Morgan fingerprint density at radius 3 is 2.78 bits per heavy atom. The topological polar surface area (TPSA) is 64.4 Å². The minimum atomic E-state index is -0.377. The van der Waals surface area contributed by atoms with E-state index in [-0.39, 0.29) is 21.8 Å². The number of nitrogens with zero attached hydrogens (tertiary/aromatic N) is 1. The number of hydrogen-bond donors (Lipinski definition) is 1. The lowest BCUT2D eigenvalue weighted by atomic mass is 10.0. The molecule has 6 heteroatoms. The highest BCUT2D eigenvalue weighted by Gasteiger charge is 2.37. The Morgan fingerprint density at radius 2 is 2.22 bits per heavy atom.